The lowest BCUT2D eigenvalue weighted by Gasteiger charge is -2.02. The van der Waals surface area contributed by atoms with Crippen molar-refractivity contribution in [3.8, 4) is 0 Å². The van der Waals surface area contributed by atoms with Gasteiger partial charge in [-0.25, -0.2) is 9.37 Å². The fourth-order valence-corrected chi connectivity index (χ4v) is 2.50. The highest BCUT2D eigenvalue weighted by atomic mass is 32.1. The number of nitrogens with one attached hydrogen (secondary N) is 1. The topological polar surface area (TPSA) is 80.9 Å². The normalized spacial score (nSPS) is 10.7. The summed E-state index contributed by atoms with van der Waals surface area (Å²) in [5, 5.41) is 8.28. The van der Waals surface area contributed by atoms with E-state index in [-0.39, 0.29) is 18.2 Å². The summed E-state index contributed by atoms with van der Waals surface area (Å²) in [4.78, 5) is 20.2. The van der Waals surface area contributed by atoms with E-state index in [0.717, 1.165) is 11.3 Å². The van der Waals surface area contributed by atoms with Crippen LogP contribution in [0.1, 0.15) is 27.8 Å². The van der Waals surface area contributed by atoms with Crippen LogP contribution in [0.4, 0.5) is 4.39 Å². The highest BCUT2D eigenvalue weighted by Crippen LogP contribution is 2.07. The maximum atomic E-state index is 12.8. The Kier molecular flexibility index (Phi) is 4.72. The lowest BCUT2D eigenvalue weighted by molar-refractivity contribution is 0.0937. The average Bonchev–Trinajstić information content (AvgIpc) is 3.23. The molecule has 0 aliphatic rings. The molecular formula is C15H13FN4O2S. The van der Waals surface area contributed by atoms with Gasteiger partial charge in [-0.05, 0) is 24.1 Å². The zero-order valence-corrected chi connectivity index (χ0v) is 12.8. The van der Waals surface area contributed by atoms with Gasteiger partial charge in [-0.1, -0.05) is 17.3 Å². The van der Waals surface area contributed by atoms with Crippen LogP contribution in [-0.2, 0) is 19.4 Å². The first-order valence-electron chi connectivity index (χ1n) is 6.93. The molecule has 2 aromatic heterocycles. The number of benzene rings is 1. The van der Waals surface area contributed by atoms with Crippen molar-refractivity contribution in [2.24, 2.45) is 0 Å². The van der Waals surface area contributed by atoms with Gasteiger partial charge in [-0.15, -0.1) is 11.3 Å². The number of carbonyl (C=O) groups is 1. The summed E-state index contributed by atoms with van der Waals surface area (Å²) in [6, 6.07) is 5.88. The standard InChI is InChI=1S/C15H13FN4O2S/c16-11-3-1-10(2-4-11)7-17-15(21)14-19-13(22-20-14)6-5-12-8-23-9-18-12/h1-4,8-9H,5-7H2,(H,17,21). The summed E-state index contributed by atoms with van der Waals surface area (Å²) in [5.74, 6) is -0.369. The van der Waals surface area contributed by atoms with Crippen LogP contribution in [0.5, 0.6) is 0 Å². The van der Waals surface area contributed by atoms with Crippen molar-refractivity contribution >= 4 is 17.2 Å². The van der Waals surface area contributed by atoms with Gasteiger partial charge >= 0.3 is 0 Å². The minimum absolute atomic E-state index is 0.0135. The van der Waals surface area contributed by atoms with E-state index >= 15 is 0 Å². The second-order valence-electron chi connectivity index (χ2n) is 4.80. The number of hydrogen-bond acceptors (Lipinski definition) is 6. The fraction of sp³-hybridized carbons (Fsp3) is 0.200. The molecule has 23 heavy (non-hydrogen) atoms. The van der Waals surface area contributed by atoms with Gasteiger partial charge in [0, 0.05) is 18.3 Å². The van der Waals surface area contributed by atoms with E-state index in [1.54, 1.807) is 17.6 Å². The van der Waals surface area contributed by atoms with Gasteiger partial charge < -0.3 is 9.84 Å². The number of hydrogen-bond donors (Lipinski definition) is 1. The van der Waals surface area contributed by atoms with Crippen LogP contribution in [0, 0.1) is 5.82 Å². The smallest absolute Gasteiger partial charge is 0.292 e. The largest absolute Gasteiger partial charge is 0.345 e. The molecule has 2 heterocycles. The minimum Gasteiger partial charge on any atom is -0.345 e. The van der Waals surface area contributed by atoms with Crippen LogP contribution in [0.25, 0.3) is 0 Å². The van der Waals surface area contributed by atoms with Crippen molar-refractivity contribution < 1.29 is 13.7 Å². The lowest BCUT2D eigenvalue weighted by Crippen LogP contribution is -2.24. The molecule has 0 unspecified atom stereocenters. The molecule has 6 nitrogen and oxygen atoms in total. The predicted octanol–water partition coefficient (Wildman–Crippen LogP) is 2.38. The number of halogens is 1. The van der Waals surface area contributed by atoms with Gasteiger partial charge in [-0.3, -0.25) is 4.79 Å². The predicted molar refractivity (Wildman–Crippen MR) is 81.4 cm³/mol. The van der Waals surface area contributed by atoms with Gasteiger partial charge in [0.25, 0.3) is 11.7 Å². The van der Waals surface area contributed by atoms with E-state index in [4.69, 9.17) is 4.52 Å². The summed E-state index contributed by atoms with van der Waals surface area (Å²) in [6.07, 6.45) is 1.21. The summed E-state index contributed by atoms with van der Waals surface area (Å²) in [7, 11) is 0. The Bertz CT molecular complexity index is 771. The summed E-state index contributed by atoms with van der Waals surface area (Å²) >= 11 is 1.52. The summed E-state index contributed by atoms with van der Waals surface area (Å²) in [6.45, 7) is 0.266. The van der Waals surface area contributed by atoms with E-state index in [1.807, 2.05) is 5.38 Å². The SMILES string of the molecule is O=C(NCc1ccc(F)cc1)c1noc(CCc2cscn2)n1. The van der Waals surface area contributed by atoms with Crippen LogP contribution < -0.4 is 5.32 Å². The third kappa shape index (κ3) is 4.19. The van der Waals surface area contributed by atoms with Gasteiger partial charge in [0.15, 0.2) is 0 Å². The molecule has 3 rings (SSSR count). The third-order valence-electron chi connectivity index (χ3n) is 3.12. The van der Waals surface area contributed by atoms with Crippen LogP contribution in [0.2, 0.25) is 0 Å². The Balaban J connectivity index is 1.52. The Labute approximate surface area is 135 Å². The second kappa shape index (κ2) is 7.10. The van der Waals surface area contributed by atoms with Crippen molar-refractivity contribution in [2.75, 3.05) is 0 Å². The number of amides is 1. The highest BCUT2D eigenvalue weighted by Gasteiger charge is 2.14. The van der Waals surface area contributed by atoms with E-state index < -0.39 is 5.91 Å². The van der Waals surface area contributed by atoms with Gasteiger partial charge in [-0.2, -0.15) is 4.98 Å². The molecule has 1 amide bonds. The van der Waals surface area contributed by atoms with Gasteiger partial charge in [0.05, 0.1) is 11.2 Å². The van der Waals surface area contributed by atoms with Gasteiger partial charge in [0.2, 0.25) is 5.89 Å². The first kappa shape index (κ1) is 15.3. The van der Waals surface area contributed by atoms with Crippen molar-refractivity contribution in [1.82, 2.24) is 20.4 Å². The molecule has 1 N–H and O–H groups in total. The molecule has 0 saturated heterocycles. The number of aryl methyl sites for hydroxylation is 2. The highest BCUT2D eigenvalue weighted by molar-refractivity contribution is 7.07. The monoisotopic (exact) mass is 332 g/mol. The molecule has 0 aliphatic heterocycles. The zero-order valence-electron chi connectivity index (χ0n) is 12.0. The molecular weight excluding hydrogens is 319 g/mol. The number of thiazole rings is 1. The first-order chi connectivity index (χ1) is 11.2. The maximum Gasteiger partial charge on any atom is 0.292 e. The van der Waals surface area contributed by atoms with Crippen LogP contribution in [0.15, 0.2) is 39.7 Å². The molecule has 8 heteroatoms. The van der Waals surface area contributed by atoms with Crippen LogP contribution >= 0.6 is 11.3 Å². The van der Waals surface area contributed by atoms with E-state index in [0.29, 0.717) is 18.7 Å². The maximum absolute atomic E-state index is 12.8. The Morgan fingerprint density at radius 2 is 2.09 bits per heavy atom. The van der Waals surface area contributed by atoms with E-state index in [1.165, 1.54) is 23.5 Å². The van der Waals surface area contributed by atoms with Crippen molar-refractivity contribution in [3.63, 3.8) is 0 Å². The van der Waals surface area contributed by atoms with Gasteiger partial charge in [0.1, 0.15) is 5.82 Å². The molecule has 3 aromatic rings. The number of nitrogens with zero attached hydrogens (tertiary/aromatic N) is 3. The van der Waals surface area contributed by atoms with Crippen molar-refractivity contribution in [2.45, 2.75) is 19.4 Å². The Morgan fingerprint density at radius 1 is 1.26 bits per heavy atom. The van der Waals surface area contributed by atoms with Crippen molar-refractivity contribution in [3.05, 3.63) is 63.9 Å². The van der Waals surface area contributed by atoms with Crippen LogP contribution in [0.3, 0.4) is 0 Å². The van der Waals surface area contributed by atoms with E-state index in [9.17, 15) is 9.18 Å². The molecule has 0 spiro atoms. The molecule has 0 bridgehead atoms. The quantitative estimate of drug-likeness (QED) is 0.749. The fourth-order valence-electron chi connectivity index (χ4n) is 1.91. The lowest BCUT2D eigenvalue weighted by atomic mass is 10.2. The molecule has 1 aromatic carbocycles. The molecule has 0 aliphatic carbocycles. The summed E-state index contributed by atoms with van der Waals surface area (Å²) in [5.41, 5.74) is 3.50. The molecule has 0 atom stereocenters. The first-order valence-corrected chi connectivity index (χ1v) is 7.87. The zero-order chi connectivity index (χ0) is 16.1. The number of aromatic nitrogens is 3. The number of rotatable bonds is 6. The Morgan fingerprint density at radius 3 is 2.83 bits per heavy atom. The molecule has 0 radical (unpaired) electrons. The van der Waals surface area contributed by atoms with Crippen LogP contribution in [-0.4, -0.2) is 21.0 Å². The second-order valence-corrected chi connectivity index (χ2v) is 5.52. The number of carbonyl (C=O) groups excluding carboxylic acids is 1. The van der Waals surface area contributed by atoms with Crippen molar-refractivity contribution in [1.29, 1.82) is 0 Å². The Hall–Kier alpha value is -2.61. The molecule has 0 fully saturated rings. The molecule has 118 valence electrons. The summed E-state index contributed by atoms with van der Waals surface area (Å²) < 4.78 is 17.9. The molecule has 0 saturated carbocycles. The van der Waals surface area contributed by atoms with E-state index in [2.05, 4.69) is 20.4 Å². The minimum atomic E-state index is -0.432. The third-order valence-corrected chi connectivity index (χ3v) is 3.75. The average molecular weight is 332 g/mol.